The number of anilines is 1. The number of pyridine rings is 1. The van der Waals surface area contributed by atoms with E-state index in [1.165, 1.54) is 18.3 Å². The third-order valence-electron chi connectivity index (χ3n) is 2.97. The van der Waals surface area contributed by atoms with Crippen molar-refractivity contribution in [3.63, 3.8) is 0 Å². The highest BCUT2D eigenvalue weighted by Gasteiger charge is 2.20. The normalized spacial score (nSPS) is 19.1. The van der Waals surface area contributed by atoms with Gasteiger partial charge in [0.15, 0.2) is 0 Å². The van der Waals surface area contributed by atoms with Crippen molar-refractivity contribution in [2.24, 2.45) is 0 Å². The Morgan fingerprint density at radius 1 is 1.47 bits per heavy atom. The van der Waals surface area contributed by atoms with Crippen LogP contribution in [0, 0.1) is 0 Å². The summed E-state index contributed by atoms with van der Waals surface area (Å²) in [6.07, 6.45) is 2.25. The van der Waals surface area contributed by atoms with Crippen molar-refractivity contribution in [2.75, 3.05) is 25.5 Å². The van der Waals surface area contributed by atoms with E-state index in [0.29, 0.717) is 5.69 Å². The second-order valence-corrected chi connectivity index (χ2v) is 4.58. The van der Waals surface area contributed by atoms with E-state index in [9.17, 15) is 9.59 Å². The van der Waals surface area contributed by atoms with E-state index in [2.05, 4.69) is 20.5 Å². The first kappa shape index (κ1) is 13.3. The van der Waals surface area contributed by atoms with Gasteiger partial charge in [-0.15, -0.1) is 0 Å². The van der Waals surface area contributed by atoms with Crippen LogP contribution >= 0.6 is 0 Å². The zero-order valence-corrected chi connectivity index (χ0v) is 10.6. The number of nitrogens with one attached hydrogen (secondary N) is 2. The Labute approximate surface area is 110 Å². The molecule has 0 aromatic carbocycles. The lowest BCUT2D eigenvalue weighted by molar-refractivity contribution is 0.0690. The Hall–Kier alpha value is -2.15. The molecule has 1 unspecified atom stereocenters. The summed E-state index contributed by atoms with van der Waals surface area (Å²) in [4.78, 5) is 28.2. The number of carbonyl (C=O) groups excluding carboxylic acids is 1. The molecule has 3 N–H and O–H groups in total. The van der Waals surface area contributed by atoms with Crippen LogP contribution in [0.3, 0.4) is 0 Å². The summed E-state index contributed by atoms with van der Waals surface area (Å²) in [5.41, 5.74) is 0.414. The highest BCUT2D eigenvalue weighted by atomic mass is 16.4. The van der Waals surface area contributed by atoms with Gasteiger partial charge in [0.2, 0.25) is 0 Å². The van der Waals surface area contributed by atoms with Gasteiger partial charge in [-0.2, -0.15) is 0 Å². The van der Waals surface area contributed by atoms with Crippen LogP contribution in [0.4, 0.5) is 10.5 Å². The molecular formula is C12H16N4O3. The predicted octanol–water partition coefficient (Wildman–Crippen LogP) is 0.605. The maximum Gasteiger partial charge on any atom is 0.354 e. The lowest BCUT2D eigenvalue weighted by Gasteiger charge is -2.13. The van der Waals surface area contributed by atoms with Crippen LogP contribution < -0.4 is 10.6 Å². The first-order chi connectivity index (χ1) is 9.04. The van der Waals surface area contributed by atoms with E-state index in [-0.39, 0.29) is 17.8 Å². The van der Waals surface area contributed by atoms with Gasteiger partial charge in [-0.3, -0.25) is 0 Å². The number of amides is 2. The molecule has 1 aromatic rings. The van der Waals surface area contributed by atoms with Gasteiger partial charge in [0.25, 0.3) is 0 Å². The molecule has 19 heavy (non-hydrogen) atoms. The maximum absolute atomic E-state index is 11.7. The van der Waals surface area contributed by atoms with Gasteiger partial charge >= 0.3 is 12.0 Å². The molecule has 2 rings (SSSR count). The summed E-state index contributed by atoms with van der Waals surface area (Å²) in [5, 5.41) is 14.2. The number of hydrogen-bond donors (Lipinski definition) is 3. The lowest BCUT2D eigenvalue weighted by Crippen LogP contribution is -2.39. The van der Waals surface area contributed by atoms with Crippen molar-refractivity contribution in [1.82, 2.24) is 15.2 Å². The molecule has 1 saturated heterocycles. The number of likely N-dealkylation sites (tertiary alicyclic amines) is 1. The van der Waals surface area contributed by atoms with Crippen LogP contribution in [0.15, 0.2) is 18.3 Å². The molecule has 0 aliphatic carbocycles. The second kappa shape index (κ2) is 5.66. The second-order valence-electron chi connectivity index (χ2n) is 4.58. The number of carboxylic acid groups (broad SMARTS) is 1. The van der Waals surface area contributed by atoms with E-state index in [1.807, 2.05) is 7.05 Å². The Balaban J connectivity index is 1.86. The van der Waals surface area contributed by atoms with Crippen molar-refractivity contribution in [2.45, 2.75) is 12.5 Å². The Morgan fingerprint density at radius 2 is 2.26 bits per heavy atom. The molecule has 7 heteroatoms. The molecule has 0 radical (unpaired) electrons. The molecule has 1 aliphatic heterocycles. The molecular weight excluding hydrogens is 248 g/mol. The third kappa shape index (κ3) is 3.65. The fraction of sp³-hybridized carbons (Fsp3) is 0.417. The van der Waals surface area contributed by atoms with E-state index in [0.717, 1.165) is 19.5 Å². The number of aromatic nitrogens is 1. The number of urea groups is 1. The highest BCUT2D eigenvalue weighted by molar-refractivity contribution is 5.90. The van der Waals surface area contributed by atoms with Gasteiger partial charge in [0, 0.05) is 12.6 Å². The lowest BCUT2D eigenvalue weighted by atomic mass is 10.3. The molecule has 2 heterocycles. The summed E-state index contributed by atoms with van der Waals surface area (Å²) >= 11 is 0. The Bertz CT molecular complexity index is 474. The average Bonchev–Trinajstić information content (AvgIpc) is 2.75. The van der Waals surface area contributed by atoms with Crippen molar-refractivity contribution < 1.29 is 14.7 Å². The maximum atomic E-state index is 11.7. The van der Waals surface area contributed by atoms with E-state index < -0.39 is 5.97 Å². The van der Waals surface area contributed by atoms with Crippen LogP contribution in [-0.2, 0) is 0 Å². The molecule has 1 aliphatic rings. The summed E-state index contributed by atoms with van der Waals surface area (Å²) in [7, 11) is 2.01. The van der Waals surface area contributed by atoms with Crippen molar-refractivity contribution in [1.29, 1.82) is 0 Å². The van der Waals surface area contributed by atoms with Crippen LogP contribution in [0.1, 0.15) is 16.9 Å². The molecule has 7 nitrogen and oxygen atoms in total. The largest absolute Gasteiger partial charge is 0.477 e. The fourth-order valence-corrected chi connectivity index (χ4v) is 2.00. The number of hydrogen-bond acceptors (Lipinski definition) is 4. The van der Waals surface area contributed by atoms with Gasteiger partial charge in [0.05, 0.1) is 11.9 Å². The van der Waals surface area contributed by atoms with Crippen molar-refractivity contribution in [3.8, 4) is 0 Å². The smallest absolute Gasteiger partial charge is 0.354 e. The van der Waals surface area contributed by atoms with Gasteiger partial charge in [-0.05, 0) is 32.1 Å². The average molecular weight is 264 g/mol. The Morgan fingerprint density at radius 3 is 2.79 bits per heavy atom. The first-order valence-electron chi connectivity index (χ1n) is 6.00. The number of likely N-dealkylation sites (N-methyl/N-ethyl adjacent to an activating group) is 1. The van der Waals surface area contributed by atoms with Gasteiger partial charge in [-0.1, -0.05) is 0 Å². The monoisotopic (exact) mass is 264 g/mol. The van der Waals surface area contributed by atoms with Crippen LogP contribution in [0.25, 0.3) is 0 Å². The third-order valence-corrected chi connectivity index (χ3v) is 2.97. The topological polar surface area (TPSA) is 94.6 Å². The molecule has 1 aromatic heterocycles. The van der Waals surface area contributed by atoms with E-state index in [1.54, 1.807) is 0 Å². The minimum atomic E-state index is -1.09. The van der Waals surface area contributed by atoms with Gasteiger partial charge in [0.1, 0.15) is 5.69 Å². The summed E-state index contributed by atoms with van der Waals surface area (Å²) in [5.74, 6) is -1.09. The molecule has 102 valence electrons. The SMILES string of the molecule is CN1CCC(NC(=O)Nc2ccc(C(=O)O)nc2)C1. The summed E-state index contributed by atoms with van der Waals surface area (Å²) < 4.78 is 0. The molecule has 0 saturated carbocycles. The summed E-state index contributed by atoms with van der Waals surface area (Å²) in [6.45, 7) is 1.81. The standard InChI is InChI=1S/C12H16N4O3/c1-16-5-4-9(7-16)15-12(19)14-8-2-3-10(11(17)18)13-6-8/h2-3,6,9H,4-5,7H2,1H3,(H,17,18)(H2,14,15,19). The predicted molar refractivity (Wildman–Crippen MR) is 69.3 cm³/mol. The minimum absolute atomic E-state index is 0.0524. The number of carboxylic acids is 1. The van der Waals surface area contributed by atoms with Crippen molar-refractivity contribution >= 4 is 17.7 Å². The molecule has 0 bridgehead atoms. The van der Waals surface area contributed by atoms with Crippen LogP contribution in [0.2, 0.25) is 0 Å². The summed E-state index contributed by atoms with van der Waals surface area (Å²) in [6, 6.07) is 2.71. The molecule has 2 amide bonds. The van der Waals surface area contributed by atoms with Crippen LogP contribution in [0.5, 0.6) is 0 Å². The van der Waals surface area contributed by atoms with E-state index >= 15 is 0 Å². The van der Waals surface area contributed by atoms with Gasteiger partial charge < -0.3 is 20.6 Å². The number of rotatable bonds is 3. The quantitative estimate of drug-likeness (QED) is 0.743. The van der Waals surface area contributed by atoms with E-state index in [4.69, 9.17) is 5.11 Å². The fourth-order valence-electron chi connectivity index (χ4n) is 2.00. The molecule has 0 spiro atoms. The number of aromatic carboxylic acids is 1. The zero-order chi connectivity index (χ0) is 13.8. The van der Waals surface area contributed by atoms with Crippen LogP contribution in [-0.4, -0.2) is 53.2 Å². The number of carbonyl (C=O) groups is 2. The number of nitrogens with zero attached hydrogens (tertiary/aromatic N) is 2. The molecule has 1 fully saturated rings. The first-order valence-corrected chi connectivity index (χ1v) is 6.00. The minimum Gasteiger partial charge on any atom is -0.477 e. The zero-order valence-electron chi connectivity index (χ0n) is 10.6. The highest BCUT2D eigenvalue weighted by Crippen LogP contribution is 2.08. The van der Waals surface area contributed by atoms with Crippen molar-refractivity contribution in [3.05, 3.63) is 24.0 Å². The molecule has 1 atom stereocenters. The Kier molecular flexibility index (Phi) is 3.96. The van der Waals surface area contributed by atoms with Gasteiger partial charge in [-0.25, -0.2) is 14.6 Å².